The van der Waals surface area contributed by atoms with Gasteiger partial charge in [-0.1, -0.05) is 31.2 Å². The second-order valence-electron chi connectivity index (χ2n) is 7.14. The molecule has 5 nitrogen and oxygen atoms in total. The second kappa shape index (κ2) is 8.40. The molecule has 0 aromatic heterocycles. The topological polar surface area (TPSA) is 63.7 Å². The largest absolute Gasteiger partial charge is 0.494 e. The van der Waals surface area contributed by atoms with Crippen molar-refractivity contribution in [2.45, 2.75) is 25.2 Å². The quantitative estimate of drug-likeness (QED) is 0.494. The Balaban J connectivity index is 1.82. The van der Waals surface area contributed by atoms with Crippen LogP contribution in [0, 0.1) is 0 Å². The predicted octanol–water partition coefficient (Wildman–Crippen LogP) is 5.30. The molecule has 1 aliphatic heterocycles. The minimum atomic E-state index is -3.97. The molecule has 0 aliphatic carbocycles. The molecule has 4 rings (SSSR count). The monoisotopic (exact) mass is 433 g/mol. The van der Waals surface area contributed by atoms with Crippen molar-refractivity contribution in [3.63, 3.8) is 0 Å². The van der Waals surface area contributed by atoms with Gasteiger partial charge in [0.15, 0.2) is 0 Å². The standard InChI is InChI=1S/C25H23NO4S/c1-3-18-9-13-20(14-10-18)26-17-24(31(28,29)23-8-6-5-7-22(23)26)25(27)19-11-15-21(16-12-19)30-4-2/h5-17H,3-4H2,1-2H3. The lowest BCUT2D eigenvalue weighted by Gasteiger charge is -2.29. The van der Waals surface area contributed by atoms with E-state index in [1.54, 1.807) is 47.4 Å². The van der Waals surface area contributed by atoms with Crippen LogP contribution in [0.1, 0.15) is 29.8 Å². The van der Waals surface area contributed by atoms with Crippen LogP contribution in [0.4, 0.5) is 11.4 Å². The third kappa shape index (κ3) is 3.86. The van der Waals surface area contributed by atoms with Crippen LogP contribution < -0.4 is 9.64 Å². The summed E-state index contributed by atoms with van der Waals surface area (Å²) in [6, 6.07) is 21.1. The normalized spacial score (nSPS) is 14.5. The summed E-state index contributed by atoms with van der Waals surface area (Å²) in [6.07, 6.45) is 2.33. The molecular formula is C25H23NO4S. The molecule has 3 aromatic carbocycles. The first kappa shape index (κ1) is 20.9. The summed E-state index contributed by atoms with van der Waals surface area (Å²) in [6.45, 7) is 4.46. The molecule has 0 unspecified atom stereocenters. The third-order valence-corrected chi connectivity index (χ3v) is 7.02. The van der Waals surface area contributed by atoms with Gasteiger partial charge in [-0.25, -0.2) is 8.42 Å². The van der Waals surface area contributed by atoms with Gasteiger partial charge in [0.2, 0.25) is 15.6 Å². The maximum absolute atomic E-state index is 13.3. The van der Waals surface area contributed by atoms with Crippen LogP contribution in [-0.4, -0.2) is 20.8 Å². The Bertz CT molecular complexity index is 1240. The van der Waals surface area contributed by atoms with Crippen molar-refractivity contribution in [2.24, 2.45) is 0 Å². The van der Waals surface area contributed by atoms with Gasteiger partial charge < -0.3 is 9.64 Å². The molecule has 158 valence electrons. The Morgan fingerprint density at radius 2 is 1.58 bits per heavy atom. The van der Waals surface area contributed by atoms with Gasteiger partial charge in [-0.3, -0.25) is 4.79 Å². The van der Waals surface area contributed by atoms with Gasteiger partial charge in [0.25, 0.3) is 0 Å². The van der Waals surface area contributed by atoms with Crippen molar-refractivity contribution in [3.05, 3.63) is 95.0 Å². The number of carbonyl (C=O) groups excluding carboxylic acids is 1. The molecule has 0 fully saturated rings. The fraction of sp³-hybridized carbons (Fsp3) is 0.160. The highest BCUT2D eigenvalue weighted by molar-refractivity contribution is 7.96. The lowest BCUT2D eigenvalue weighted by atomic mass is 10.1. The highest BCUT2D eigenvalue weighted by atomic mass is 32.2. The van der Waals surface area contributed by atoms with Crippen LogP contribution in [0.5, 0.6) is 5.75 Å². The van der Waals surface area contributed by atoms with Gasteiger partial charge in [0.1, 0.15) is 10.7 Å². The smallest absolute Gasteiger partial charge is 0.214 e. The number of ketones is 1. The van der Waals surface area contributed by atoms with Crippen molar-refractivity contribution in [1.29, 1.82) is 0 Å². The van der Waals surface area contributed by atoms with E-state index in [-0.39, 0.29) is 9.80 Å². The van der Waals surface area contributed by atoms with Gasteiger partial charge in [-0.05, 0) is 67.4 Å². The fourth-order valence-electron chi connectivity index (χ4n) is 3.56. The number of benzene rings is 3. The van der Waals surface area contributed by atoms with Crippen LogP contribution in [0.3, 0.4) is 0 Å². The zero-order chi connectivity index (χ0) is 22.0. The Labute approximate surface area is 182 Å². The minimum Gasteiger partial charge on any atom is -0.494 e. The Morgan fingerprint density at radius 1 is 0.903 bits per heavy atom. The first-order valence-corrected chi connectivity index (χ1v) is 11.7. The minimum absolute atomic E-state index is 0.117. The zero-order valence-electron chi connectivity index (χ0n) is 17.4. The summed E-state index contributed by atoms with van der Waals surface area (Å²) in [5.74, 6) is 0.0789. The summed E-state index contributed by atoms with van der Waals surface area (Å²) in [7, 11) is -3.97. The number of allylic oxidation sites excluding steroid dienone is 1. The SMILES string of the molecule is CCOc1ccc(C(=O)C2=CN(c3ccc(CC)cc3)c3ccccc3S2(=O)=O)cc1. The van der Waals surface area contributed by atoms with Crippen molar-refractivity contribution in [1.82, 2.24) is 0 Å². The number of sulfone groups is 1. The van der Waals surface area contributed by atoms with Crippen molar-refractivity contribution >= 4 is 27.0 Å². The lowest BCUT2D eigenvalue weighted by molar-refractivity contribution is 0.104. The molecular weight excluding hydrogens is 410 g/mol. The summed E-state index contributed by atoms with van der Waals surface area (Å²) < 4.78 is 32.1. The van der Waals surface area contributed by atoms with Gasteiger partial charge in [0, 0.05) is 17.5 Å². The number of fused-ring (bicyclic) bond motifs is 1. The number of nitrogens with zero attached hydrogens (tertiary/aromatic N) is 1. The predicted molar refractivity (Wildman–Crippen MR) is 122 cm³/mol. The average molecular weight is 434 g/mol. The average Bonchev–Trinajstić information content (AvgIpc) is 2.80. The molecule has 1 aliphatic rings. The Kier molecular flexibility index (Phi) is 5.65. The van der Waals surface area contributed by atoms with E-state index in [9.17, 15) is 13.2 Å². The Morgan fingerprint density at radius 3 is 2.23 bits per heavy atom. The summed E-state index contributed by atoms with van der Waals surface area (Å²) >= 11 is 0. The number of anilines is 2. The maximum atomic E-state index is 13.3. The van der Waals surface area contributed by atoms with E-state index < -0.39 is 15.6 Å². The highest BCUT2D eigenvalue weighted by Gasteiger charge is 2.36. The molecule has 0 amide bonds. The highest BCUT2D eigenvalue weighted by Crippen LogP contribution is 2.40. The zero-order valence-corrected chi connectivity index (χ0v) is 18.2. The summed E-state index contributed by atoms with van der Waals surface area (Å²) in [5.41, 5.74) is 2.78. The van der Waals surface area contributed by atoms with E-state index in [4.69, 9.17) is 4.74 Å². The number of aryl methyl sites for hydroxylation is 1. The van der Waals surface area contributed by atoms with Crippen LogP contribution in [-0.2, 0) is 16.3 Å². The second-order valence-corrected chi connectivity index (χ2v) is 9.03. The number of Topliss-reactive ketones (excluding diaryl/α,β-unsaturated/α-hetero) is 1. The maximum Gasteiger partial charge on any atom is 0.214 e. The van der Waals surface area contributed by atoms with Crippen molar-refractivity contribution in [3.8, 4) is 5.75 Å². The molecule has 0 spiro atoms. The molecule has 3 aromatic rings. The molecule has 0 N–H and O–H groups in total. The number of hydrogen-bond acceptors (Lipinski definition) is 5. The van der Waals surface area contributed by atoms with E-state index in [0.29, 0.717) is 23.6 Å². The van der Waals surface area contributed by atoms with Gasteiger partial charge in [-0.2, -0.15) is 0 Å². The first-order valence-electron chi connectivity index (χ1n) is 10.2. The van der Waals surface area contributed by atoms with E-state index in [2.05, 4.69) is 6.92 Å². The lowest BCUT2D eigenvalue weighted by Crippen LogP contribution is -2.25. The summed E-state index contributed by atoms with van der Waals surface area (Å²) in [5, 5.41) is 0. The number of rotatable bonds is 6. The molecule has 1 heterocycles. The number of para-hydroxylation sites is 1. The van der Waals surface area contributed by atoms with Gasteiger partial charge in [-0.15, -0.1) is 0 Å². The van der Waals surface area contributed by atoms with Crippen LogP contribution in [0.2, 0.25) is 0 Å². The first-order chi connectivity index (χ1) is 15.0. The molecule has 31 heavy (non-hydrogen) atoms. The van der Waals surface area contributed by atoms with Gasteiger partial charge in [0.05, 0.1) is 17.2 Å². The number of carbonyl (C=O) groups is 1. The third-order valence-electron chi connectivity index (χ3n) is 5.22. The summed E-state index contributed by atoms with van der Waals surface area (Å²) in [4.78, 5) is 14.9. The fourth-order valence-corrected chi connectivity index (χ4v) is 5.10. The number of ether oxygens (including phenoxy) is 1. The van der Waals surface area contributed by atoms with Crippen LogP contribution in [0.25, 0.3) is 0 Å². The molecule has 0 saturated heterocycles. The molecule has 0 radical (unpaired) electrons. The van der Waals surface area contributed by atoms with E-state index in [1.807, 2.05) is 31.2 Å². The Hall–Kier alpha value is -3.38. The van der Waals surface area contributed by atoms with E-state index in [1.165, 1.54) is 17.8 Å². The van der Waals surface area contributed by atoms with Crippen LogP contribution >= 0.6 is 0 Å². The molecule has 0 saturated carbocycles. The van der Waals surface area contributed by atoms with E-state index in [0.717, 1.165) is 12.1 Å². The van der Waals surface area contributed by atoms with Crippen molar-refractivity contribution in [2.75, 3.05) is 11.5 Å². The van der Waals surface area contributed by atoms with E-state index >= 15 is 0 Å². The van der Waals surface area contributed by atoms with Crippen molar-refractivity contribution < 1.29 is 17.9 Å². The molecule has 0 bridgehead atoms. The van der Waals surface area contributed by atoms with Gasteiger partial charge >= 0.3 is 0 Å². The number of hydrogen-bond donors (Lipinski definition) is 0. The molecule has 0 atom stereocenters. The molecule has 6 heteroatoms. The van der Waals surface area contributed by atoms with Crippen LogP contribution in [0.15, 0.2) is 88.8 Å².